The molecule has 0 aliphatic carbocycles. The second kappa shape index (κ2) is 8.08. The van der Waals surface area contributed by atoms with Crippen molar-refractivity contribution in [2.75, 3.05) is 6.54 Å². The molecule has 0 aromatic heterocycles. The summed E-state index contributed by atoms with van der Waals surface area (Å²) in [6.07, 6.45) is 0.147. The van der Waals surface area contributed by atoms with Crippen molar-refractivity contribution in [1.82, 2.24) is 10.2 Å². The second-order valence-electron chi connectivity index (χ2n) is 5.15. The normalized spacial score (nSPS) is 10.7. The number of non-ortho nitro benzene ring substituents is 1. The van der Waals surface area contributed by atoms with Gasteiger partial charge in [0.1, 0.15) is 0 Å². The van der Waals surface area contributed by atoms with Gasteiger partial charge in [-0.2, -0.15) is 0 Å². The number of benzene rings is 1. The molecule has 1 aromatic rings. The highest BCUT2D eigenvalue weighted by Crippen LogP contribution is 2.14. The van der Waals surface area contributed by atoms with Crippen molar-refractivity contribution in [2.45, 2.75) is 32.9 Å². The van der Waals surface area contributed by atoms with E-state index in [-0.39, 0.29) is 18.2 Å². The van der Waals surface area contributed by atoms with Crippen LogP contribution in [0.3, 0.4) is 0 Å². The Morgan fingerprint density at radius 2 is 1.91 bits per heavy atom. The van der Waals surface area contributed by atoms with Crippen LogP contribution in [0, 0.1) is 10.1 Å². The standard InChI is InChI=1S/C14H20N4O4/c1-10(2)17(8-7-13(19)16-14(15)20)9-11-3-5-12(6-4-11)18(21)22/h3-6,10H,7-9H2,1-2H3,(H3,15,16,19,20). The van der Waals surface area contributed by atoms with E-state index in [0.29, 0.717) is 13.1 Å². The van der Waals surface area contributed by atoms with Gasteiger partial charge in [-0.1, -0.05) is 12.1 Å². The van der Waals surface area contributed by atoms with E-state index in [2.05, 4.69) is 0 Å². The molecule has 0 saturated heterocycles. The van der Waals surface area contributed by atoms with E-state index in [1.54, 1.807) is 12.1 Å². The van der Waals surface area contributed by atoms with Gasteiger partial charge in [0.25, 0.3) is 5.69 Å². The number of primary amides is 1. The minimum absolute atomic E-state index is 0.0423. The lowest BCUT2D eigenvalue weighted by molar-refractivity contribution is -0.384. The van der Waals surface area contributed by atoms with E-state index in [4.69, 9.17) is 5.73 Å². The number of nitro benzene ring substituents is 1. The molecule has 0 bridgehead atoms. The lowest BCUT2D eigenvalue weighted by Crippen LogP contribution is -2.38. The molecule has 0 unspecified atom stereocenters. The van der Waals surface area contributed by atoms with Gasteiger partial charge in [-0.25, -0.2) is 4.79 Å². The first kappa shape index (κ1) is 17.6. The molecule has 8 nitrogen and oxygen atoms in total. The molecule has 1 rings (SSSR count). The van der Waals surface area contributed by atoms with E-state index in [1.165, 1.54) is 12.1 Å². The summed E-state index contributed by atoms with van der Waals surface area (Å²) >= 11 is 0. The van der Waals surface area contributed by atoms with Crippen LogP contribution in [-0.4, -0.2) is 34.3 Å². The monoisotopic (exact) mass is 308 g/mol. The number of urea groups is 1. The van der Waals surface area contributed by atoms with Crippen LogP contribution in [0.2, 0.25) is 0 Å². The Labute approximate surface area is 128 Å². The fourth-order valence-electron chi connectivity index (χ4n) is 1.92. The molecule has 0 fully saturated rings. The first-order valence-electron chi connectivity index (χ1n) is 6.86. The number of nitrogens with one attached hydrogen (secondary N) is 1. The van der Waals surface area contributed by atoms with Crippen molar-refractivity contribution in [3.8, 4) is 0 Å². The molecular weight excluding hydrogens is 288 g/mol. The van der Waals surface area contributed by atoms with Gasteiger partial charge in [0, 0.05) is 37.7 Å². The molecule has 3 amide bonds. The summed E-state index contributed by atoms with van der Waals surface area (Å²) in [4.78, 5) is 34.2. The van der Waals surface area contributed by atoms with Gasteiger partial charge in [0.2, 0.25) is 5.91 Å². The molecule has 22 heavy (non-hydrogen) atoms. The third kappa shape index (κ3) is 5.88. The number of nitrogens with two attached hydrogens (primary N) is 1. The largest absolute Gasteiger partial charge is 0.351 e. The summed E-state index contributed by atoms with van der Waals surface area (Å²) in [6.45, 7) is 4.97. The highest BCUT2D eigenvalue weighted by atomic mass is 16.6. The van der Waals surface area contributed by atoms with Crippen LogP contribution in [0.4, 0.5) is 10.5 Å². The van der Waals surface area contributed by atoms with Crippen molar-refractivity contribution in [2.24, 2.45) is 5.73 Å². The number of carbonyl (C=O) groups is 2. The maximum atomic E-state index is 11.4. The maximum Gasteiger partial charge on any atom is 0.318 e. The van der Waals surface area contributed by atoms with Crippen molar-refractivity contribution in [3.63, 3.8) is 0 Å². The fraction of sp³-hybridized carbons (Fsp3) is 0.429. The molecular formula is C14H20N4O4. The number of amides is 3. The zero-order valence-corrected chi connectivity index (χ0v) is 12.6. The fourth-order valence-corrected chi connectivity index (χ4v) is 1.92. The quantitative estimate of drug-likeness (QED) is 0.583. The summed E-state index contributed by atoms with van der Waals surface area (Å²) in [6, 6.07) is 5.60. The van der Waals surface area contributed by atoms with Crippen molar-refractivity contribution in [3.05, 3.63) is 39.9 Å². The molecule has 0 radical (unpaired) electrons. The third-order valence-electron chi connectivity index (χ3n) is 3.15. The summed E-state index contributed by atoms with van der Waals surface area (Å²) < 4.78 is 0. The lowest BCUT2D eigenvalue weighted by Gasteiger charge is -2.26. The van der Waals surface area contributed by atoms with E-state index in [1.807, 2.05) is 24.1 Å². The maximum absolute atomic E-state index is 11.4. The van der Waals surface area contributed by atoms with Gasteiger partial charge in [0.05, 0.1) is 4.92 Å². The minimum Gasteiger partial charge on any atom is -0.351 e. The predicted molar refractivity (Wildman–Crippen MR) is 81.0 cm³/mol. The van der Waals surface area contributed by atoms with Crippen molar-refractivity contribution < 1.29 is 14.5 Å². The third-order valence-corrected chi connectivity index (χ3v) is 3.15. The average Bonchev–Trinajstić information content (AvgIpc) is 2.42. The lowest BCUT2D eigenvalue weighted by atomic mass is 10.1. The Balaban J connectivity index is 2.62. The summed E-state index contributed by atoms with van der Waals surface area (Å²) in [5.41, 5.74) is 5.84. The SMILES string of the molecule is CC(C)N(CCC(=O)NC(N)=O)Cc1ccc([N+](=O)[O-])cc1. The van der Waals surface area contributed by atoms with Crippen LogP contribution in [0.5, 0.6) is 0 Å². The smallest absolute Gasteiger partial charge is 0.318 e. The number of nitro groups is 1. The van der Waals surface area contributed by atoms with Crippen LogP contribution in [0.1, 0.15) is 25.8 Å². The Morgan fingerprint density at radius 3 is 2.36 bits per heavy atom. The number of nitrogens with zero attached hydrogens (tertiary/aromatic N) is 2. The van der Waals surface area contributed by atoms with Crippen LogP contribution >= 0.6 is 0 Å². The van der Waals surface area contributed by atoms with E-state index in [9.17, 15) is 19.7 Å². The summed E-state index contributed by atoms with van der Waals surface area (Å²) in [5, 5.41) is 12.6. The van der Waals surface area contributed by atoms with Gasteiger partial charge < -0.3 is 5.73 Å². The Kier molecular flexibility index (Phi) is 6.46. The average molecular weight is 308 g/mol. The molecule has 0 saturated carbocycles. The Morgan fingerprint density at radius 1 is 1.32 bits per heavy atom. The van der Waals surface area contributed by atoms with Gasteiger partial charge >= 0.3 is 6.03 Å². The zero-order chi connectivity index (χ0) is 16.7. The topological polar surface area (TPSA) is 119 Å². The Bertz CT molecular complexity index is 542. The minimum atomic E-state index is -0.864. The molecule has 3 N–H and O–H groups in total. The molecule has 8 heteroatoms. The van der Waals surface area contributed by atoms with Crippen LogP contribution in [-0.2, 0) is 11.3 Å². The summed E-state index contributed by atoms with van der Waals surface area (Å²) in [7, 11) is 0. The number of imide groups is 1. The zero-order valence-electron chi connectivity index (χ0n) is 12.6. The van der Waals surface area contributed by atoms with Crippen molar-refractivity contribution in [1.29, 1.82) is 0 Å². The van der Waals surface area contributed by atoms with Gasteiger partial charge in [-0.3, -0.25) is 25.1 Å². The molecule has 0 spiro atoms. The van der Waals surface area contributed by atoms with Crippen LogP contribution < -0.4 is 11.1 Å². The molecule has 0 atom stereocenters. The van der Waals surface area contributed by atoms with Crippen molar-refractivity contribution >= 4 is 17.6 Å². The number of hydrogen-bond acceptors (Lipinski definition) is 5. The van der Waals surface area contributed by atoms with Crippen LogP contribution in [0.25, 0.3) is 0 Å². The van der Waals surface area contributed by atoms with Gasteiger partial charge in [-0.15, -0.1) is 0 Å². The highest BCUT2D eigenvalue weighted by Gasteiger charge is 2.14. The van der Waals surface area contributed by atoms with Gasteiger partial charge in [-0.05, 0) is 19.4 Å². The molecule has 120 valence electrons. The number of hydrogen-bond donors (Lipinski definition) is 2. The molecule has 0 aliphatic heterocycles. The first-order valence-corrected chi connectivity index (χ1v) is 6.86. The molecule has 0 heterocycles. The predicted octanol–water partition coefficient (Wildman–Crippen LogP) is 1.39. The van der Waals surface area contributed by atoms with Gasteiger partial charge in [0.15, 0.2) is 0 Å². The summed E-state index contributed by atoms with van der Waals surface area (Å²) in [5.74, 6) is -0.429. The Hall–Kier alpha value is -2.48. The number of carbonyl (C=O) groups excluding carboxylic acids is 2. The molecule has 0 aliphatic rings. The van der Waals surface area contributed by atoms with E-state index >= 15 is 0 Å². The first-order chi connectivity index (χ1) is 10.3. The van der Waals surface area contributed by atoms with E-state index < -0.39 is 16.9 Å². The number of rotatable bonds is 7. The highest BCUT2D eigenvalue weighted by molar-refractivity contribution is 5.93. The van der Waals surface area contributed by atoms with Crippen LogP contribution in [0.15, 0.2) is 24.3 Å². The van der Waals surface area contributed by atoms with E-state index in [0.717, 1.165) is 5.56 Å². The molecule has 1 aromatic carbocycles. The second-order valence-corrected chi connectivity index (χ2v) is 5.15.